The van der Waals surface area contributed by atoms with Gasteiger partial charge < -0.3 is 9.84 Å². The lowest BCUT2D eigenvalue weighted by Crippen LogP contribution is -2.02. The summed E-state index contributed by atoms with van der Waals surface area (Å²) in [5, 5.41) is 8.72. The molecule has 0 atom stereocenters. The van der Waals surface area contributed by atoms with E-state index in [2.05, 4.69) is 24.3 Å². The minimum Gasteiger partial charge on any atom is -0.489 e. The van der Waals surface area contributed by atoms with Crippen molar-refractivity contribution in [3.63, 3.8) is 0 Å². The maximum atomic E-state index is 10.6. The summed E-state index contributed by atoms with van der Waals surface area (Å²) in [5.41, 5.74) is 5.14. The number of rotatable bonds is 7. The van der Waals surface area contributed by atoms with Crippen LogP contribution in [-0.2, 0) is 11.2 Å². The van der Waals surface area contributed by atoms with Crippen LogP contribution in [0.4, 0.5) is 0 Å². The summed E-state index contributed by atoms with van der Waals surface area (Å²) in [5.74, 6) is 0.0674. The van der Waals surface area contributed by atoms with Gasteiger partial charge in [0.1, 0.15) is 12.4 Å². The van der Waals surface area contributed by atoms with Gasteiger partial charge in [-0.1, -0.05) is 42.5 Å². The van der Waals surface area contributed by atoms with Crippen molar-refractivity contribution >= 4 is 11.5 Å². The van der Waals surface area contributed by atoms with E-state index in [1.165, 1.54) is 23.1 Å². The smallest absolute Gasteiger partial charge is 0.303 e. The van der Waals surface area contributed by atoms with Crippen LogP contribution in [0.5, 0.6) is 5.75 Å². The first-order valence-corrected chi connectivity index (χ1v) is 8.42. The summed E-state index contributed by atoms with van der Waals surface area (Å²) in [6.45, 7) is 0.624. The Kier molecular flexibility index (Phi) is 5.32. The fourth-order valence-corrected chi connectivity index (χ4v) is 3.13. The van der Waals surface area contributed by atoms with E-state index >= 15 is 0 Å². The van der Waals surface area contributed by atoms with Gasteiger partial charge in [0, 0.05) is 6.42 Å². The Morgan fingerprint density at radius 1 is 1.00 bits per heavy atom. The molecule has 0 radical (unpaired) electrons. The lowest BCUT2D eigenvalue weighted by molar-refractivity contribution is -0.136. The Hall–Kier alpha value is -2.55. The Bertz CT molecular complexity index is 715. The molecule has 0 spiro atoms. The average Bonchev–Trinajstić information content (AvgIpc) is 3.08. The monoisotopic (exact) mass is 322 g/mol. The fourth-order valence-electron chi connectivity index (χ4n) is 3.13. The molecule has 1 aliphatic carbocycles. The summed E-state index contributed by atoms with van der Waals surface area (Å²) in [4.78, 5) is 10.6. The highest BCUT2D eigenvalue weighted by atomic mass is 16.5. The Balaban J connectivity index is 1.61. The molecular weight excluding hydrogens is 300 g/mol. The van der Waals surface area contributed by atoms with Crippen molar-refractivity contribution in [1.29, 1.82) is 0 Å². The van der Waals surface area contributed by atoms with E-state index in [1.54, 1.807) is 0 Å². The van der Waals surface area contributed by atoms with Gasteiger partial charge in [-0.15, -0.1) is 0 Å². The quantitative estimate of drug-likeness (QED) is 0.802. The number of hydrogen-bond acceptors (Lipinski definition) is 2. The standard InChI is InChI=1S/C21H22O3/c22-21(23)14-11-16-9-12-19(13-10-16)24-15-18-7-4-8-20(18)17-5-2-1-3-6-17/h1-3,5-6,9-10,12-13H,4,7-8,11,14-15H2,(H,22,23). The molecule has 0 saturated carbocycles. The lowest BCUT2D eigenvalue weighted by atomic mass is 10.0. The molecule has 3 heteroatoms. The minimum absolute atomic E-state index is 0.160. The summed E-state index contributed by atoms with van der Waals surface area (Å²) >= 11 is 0. The molecule has 1 N–H and O–H groups in total. The highest BCUT2D eigenvalue weighted by molar-refractivity contribution is 5.70. The normalized spacial score (nSPS) is 14.0. The van der Waals surface area contributed by atoms with Gasteiger partial charge in [-0.2, -0.15) is 0 Å². The van der Waals surface area contributed by atoms with E-state index in [0.29, 0.717) is 13.0 Å². The van der Waals surface area contributed by atoms with Gasteiger partial charge >= 0.3 is 5.97 Å². The van der Waals surface area contributed by atoms with E-state index in [-0.39, 0.29) is 6.42 Å². The number of allylic oxidation sites excluding steroid dienone is 1. The Labute approximate surface area is 142 Å². The van der Waals surface area contributed by atoms with Crippen molar-refractivity contribution in [2.24, 2.45) is 0 Å². The van der Waals surface area contributed by atoms with Crippen molar-refractivity contribution in [2.45, 2.75) is 32.1 Å². The van der Waals surface area contributed by atoms with Crippen LogP contribution in [0.25, 0.3) is 5.57 Å². The van der Waals surface area contributed by atoms with Gasteiger partial charge in [-0.05, 0) is 60.1 Å². The number of carbonyl (C=O) groups is 1. The van der Waals surface area contributed by atoms with Crippen molar-refractivity contribution in [2.75, 3.05) is 6.61 Å². The third kappa shape index (κ3) is 4.25. The maximum absolute atomic E-state index is 10.6. The molecule has 1 aliphatic rings. The molecule has 0 bridgehead atoms. The molecule has 0 heterocycles. The first kappa shape index (κ1) is 16.3. The molecule has 0 fully saturated rings. The number of carboxylic acids is 1. The van der Waals surface area contributed by atoms with E-state index < -0.39 is 5.97 Å². The van der Waals surface area contributed by atoms with E-state index in [1.807, 2.05) is 30.3 Å². The number of aryl methyl sites for hydroxylation is 1. The number of carboxylic acid groups (broad SMARTS) is 1. The van der Waals surface area contributed by atoms with Gasteiger partial charge in [0.25, 0.3) is 0 Å². The maximum Gasteiger partial charge on any atom is 0.303 e. The van der Waals surface area contributed by atoms with Crippen LogP contribution in [0.3, 0.4) is 0 Å². The molecule has 124 valence electrons. The largest absolute Gasteiger partial charge is 0.489 e. The summed E-state index contributed by atoms with van der Waals surface area (Å²) < 4.78 is 5.95. The molecule has 2 aromatic rings. The third-order valence-corrected chi connectivity index (χ3v) is 4.42. The molecule has 0 saturated heterocycles. The summed E-state index contributed by atoms with van der Waals surface area (Å²) in [6, 6.07) is 18.3. The topological polar surface area (TPSA) is 46.5 Å². The van der Waals surface area contributed by atoms with Gasteiger partial charge in [-0.25, -0.2) is 0 Å². The van der Waals surface area contributed by atoms with Gasteiger partial charge in [-0.3, -0.25) is 4.79 Å². The number of ether oxygens (including phenoxy) is 1. The van der Waals surface area contributed by atoms with Crippen LogP contribution in [0, 0.1) is 0 Å². The number of hydrogen-bond donors (Lipinski definition) is 1. The van der Waals surface area contributed by atoms with Crippen molar-refractivity contribution in [1.82, 2.24) is 0 Å². The molecule has 3 rings (SSSR count). The zero-order valence-electron chi connectivity index (χ0n) is 13.7. The minimum atomic E-state index is -0.767. The average molecular weight is 322 g/mol. The molecule has 0 aromatic heterocycles. The van der Waals surface area contributed by atoms with Crippen LogP contribution in [0.2, 0.25) is 0 Å². The second kappa shape index (κ2) is 7.82. The predicted molar refractivity (Wildman–Crippen MR) is 95.1 cm³/mol. The second-order valence-corrected chi connectivity index (χ2v) is 6.13. The van der Waals surface area contributed by atoms with E-state index in [4.69, 9.17) is 9.84 Å². The zero-order valence-corrected chi connectivity index (χ0v) is 13.7. The molecule has 0 unspecified atom stereocenters. The first-order chi connectivity index (χ1) is 11.7. The van der Waals surface area contributed by atoms with E-state index in [9.17, 15) is 4.79 Å². The Morgan fingerprint density at radius 2 is 1.75 bits per heavy atom. The van der Waals surface area contributed by atoms with Crippen molar-refractivity contribution < 1.29 is 14.6 Å². The highest BCUT2D eigenvalue weighted by Gasteiger charge is 2.16. The highest BCUT2D eigenvalue weighted by Crippen LogP contribution is 2.34. The van der Waals surface area contributed by atoms with Gasteiger partial charge in [0.15, 0.2) is 0 Å². The summed E-state index contributed by atoms with van der Waals surface area (Å²) in [6.07, 6.45) is 4.13. The second-order valence-electron chi connectivity index (χ2n) is 6.13. The SMILES string of the molecule is O=C(O)CCc1ccc(OCC2=C(c3ccccc3)CCC2)cc1. The fraction of sp³-hybridized carbons (Fsp3) is 0.286. The number of benzene rings is 2. The molecule has 0 aliphatic heterocycles. The Morgan fingerprint density at radius 3 is 2.46 bits per heavy atom. The van der Waals surface area contributed by atoms with Crippen LogP contribution >= 0.6 is 0 Å². The number of aliphatic carboxylic acids is 1. The molecule has 24 heavy (non-hydrogen) atoms. The predicted octanol–water partition coefficient (Wildman–Crippen LogP) is 4.72. The third-order valence-electron chi connectivity index (χ3n) is 4.42. The lowest BCUT2D eigenvalue weighted by Gasteiger charge is -2.11. The molecular formula is C21H22O3. The van der Waals surface area contributed by atoms with Crippen molar-refractivity contribution in [3.8, 4) is 5.75 Å². The zero-order chi connectivity index (χ0) is 16.8. The van der Waals surface area contributed by atoms with Crippen LogP contribution < -0.4 is 4.74 Å². The van der Waals surface area contributed by atoms with Gasteiger partial charge in [0.05, 0.1) is 0 Å². The first-order valence-electron chi connectivity index (χ1n) is 8.42. The van der Waals surface area contributed by atoms with Crippen LogP contribution in [0.15, 0.2) is 60.2 Å². The van der Waals surface area contributed by atoms with Crippen LogP contribution in [0.1, 0.15) is 36.8 Å². The molecule has 0 amide bonds. The van der Waals surface area contributed by atoms with Gasteiger partial charge in [0.2, 0.25) is 0 Å². The molecule has 2 aromatic carbocycles. The van der Waals surface area contributed by atoms with Crippen LogP contribution in [-0.4, -0.2) is 17.7 Å². The van der Waals surface area contributed by atoms with Crippen molar-refractivity contribution in [3.05, 3.63) is 71.3 Å². The van der Waals surface area contributed by atoms with E-state index in [0.717, 1.165) is 24.2 Å². The molecule has 3 nitrogen and oxygen atoms in total. The summed E-state index contributed by atoms with van der Waals surface area (Å²) in [7, 11) is 0.